The molecule has 0 amide bonds. The number of methoxy groups -OCH3 is 1. The summed E-state index contributed by atoms with van der Waals surface area (Å²) in [5.41, 5.74) is 7.70. The summed E-state index contributed by atoms with van der Waals surface area (Å²) in [6, 6.07) is 8.74. The average Bonchev–Trinajstić information content (AvgIpc) is 3.42. The van der Waals surface area contributed by atoms with Gasteiger partial charge in [-0.3, -0.25) is 14.4 Å². The second-order valence-corrected chi connectivity index (χ2v) is 13.0. The number of esters is 1. The molecule has 4 rings (SSSR count). The lowest BCUT2D eigenvalue weighted by atomic mass is 10.1. The second kappa shape index (κ2) is 11.0. The van der Waals surface area contributed by atoms with Crippen molar-refractivity contribution in [3.63, 3.8) is 0 Å². The number of hydrogen-bond acceptors (Lipinski definition) is 10. The molecule has 5 atom stereocenters. The van der Waals surface area contributed by atoms with Gasteiger partial charge in [-0.15, -0.1) is 0 Å². The van der Waals surface area contributed by atoms with Crippen LogP contribution in [0.25, 0.3) is 11.2 Å². The smallest absolute Gasteiger partial charge is 0.322 e. The number of benzene rings is 1. The molecule has 0 unspecified atom stereocenters. The number of hydrogen-bond donors (Lipinski definition) is 3. The minimum Gasteiger partial charge on any atom is -0.468 e. The summed E-state index contributed by atoms with van der Waals surface area (Å²) < 4.78 is 34.5. The zero-order valence-electron chi connectivity index (χ0n) is 21.1. The van der Waals surface area contributed by atoms with Gasteiger partial charge in [0, 0.05) is 25.5 Å². The molecule has 0 spiro atoms. The maximum absolute atomic E-state index is 16.1. The summed E-state index contributed by atoms with van der Waals surface area (Å²) in [6.45, 7) is 3.09. The van der Waals surface area contributed by atoms with E-state index in [0.717, 1.165) is 5.56 Å². The number of rotatable bonds is 10. The lowest BCUT2D eigenvalue weighted by Gasteiger charge is -2.29. The maximum atomic E-state index is 16.1. The zero-order valence-corrected chi connectivity index (χ0v) is 22.8. The molecule has 4 N–H and O–H groups in total. The number of ether oxygens (including phenoxy) is 2. The Morgan fingerprint density at radius 1 is 1.41 bits per heavy atom. The fourth-order valence-electron chi connectivity index (χ4n) is 4.36. The van der Waals surface area contributed by atoms with Gasteiger partial charge in [-0.25, -0.2) is 9.37 Å². The highest BCUT2D eigenvalue weighted by Crippen LogP contribution is 2.51. The van der Waals surface area contributed by atoms with Crippen LogP contribution in [0.15, 0.2) is 36.7 Å². The van der Waals surface area contributed by atoms with Gasteiger partial charge in [0.25, 0.3) is 0 Å². The molecule has 1 saturated heterocycles. The predicted octanol–water partition coefficient (Wildman–Crippen LogP) is 3.35. The number of nitrogens with two attached hydrogens (primary N) is 1. The summed E-state index contributed by atoms with van der Waals surface area (Å²) in [7, 11) is 3.00. The number of nitrogen functional groups attached to an aromatic ring is 1. The number of aromatic nitrogens is 4. The number of fused-ring (bicyclic) bond motifs is 1. The van der Waals surface area contributed by atoms with Crippen molar-refractivity contribution in [2.24, 2.45) is 5.92 Å². The molecule has 1 aliphatic rings. The molecule has 0 saturated carbocycles. The van der Waals surface area contributed by atoms with Crippen molar-refractivity contribution in [3.05, 3.63) is 42.2 Å². The zero-order chi connectivity index (χ0) is 26.8. The van der Waals surface area contributed by atoms with Crippen LogP contribution in [0, 0.1) is 5.92 Å². The third-order valence-corrected chi connectivity index (χ3v) is 9.19. The summed E-state index contributed by atoms with van der Waals surface area (Å²) in [4.78, 5) is 24.9. The highest BCUT2D eigenvalue weighted by atomic mass is 32.4. The molecule has 1 fully saturated rings. The van der Waals surface area contributed by atoms with Crippen LogP contribution in [0.3, 0.4) is 0 Å². The Morgan fingerprint density at radius 3 is 2.81 bits per heavy atom. The van der Waals surface area contributed by atoms with Crippen LogP contribution in [-0.2, 0) is 36.8 Å². The highest BCUT2D eigenvalue weighted by molar-refractivity contribution is 8.10. The molecule has 0 radical (unpaired) electrons. The number of alkyl halides is 1. The Labute approximate surface area is 219 Å². The van der Waals surface area contributed by atoms with E-state index in [4.69, 9.17) is 31.5 Å². The first-order valence-electron chi connectivity index (χ1n) is 11.7. The van der Waals surface area contributed by atoms with Gasteiger partial charge in [-0.05, 0) is 24.3 Å². The van der Waals surface area contributed by atoms with Crippen molar-refractivity contribution >= 4 is 47.1 Å². The molecule has 3 heterocycles. The number of anilines is 2. The van der Waals surface area contributed by atoms with Gasteiger partial charge in [0.1, 0.15) is 25.3 Å². The standard InChI is InChI=1S/C23H31FN7O4PS/c1-14-10-23(24,35-20(14)31-13-27-17-18(26-3)28-22(25)29-19(17)31)12-34-36(37,30-15(2)21(32)33-4)11-16-8-6-5-7-9-16/h5-9,13-15,20H,10-12H2,1-4H3,(H,30,37)(H3,25,26,28,29)/t14-,15-,20+,23-,36+/m0/s1. The number of nitrogens with zero attached hydrogens (tertiary/aromatic N) is 4. The van der Waals surface area contributed by atoms with E-state index in [0.29, 0.717) is 23.1 Å². The van der Waals surface area contributed by atoms with Crippen LogP contribution in [0.5, 0.6) is 0 Å². The predicted molar refractivity (Wildman–Crippen MR) is 142 cm³/mol. The quantitative estimate of drug-likeness (QED) is 0.253. The fraction of sp³-hybridized carbons (Fsp3) is 0.478. The number of imidazole rings is 1. The minimum absolute atomic E-state index is 0.0595. The molecule has 3 aromatic rings. The molecular formula is C23H31FN7O4PS. The second-order valence-electron chi connectivity index (χ2n) is 9.04. The Kier molecular flexibility index (Phi) is 8.10. The van der Waals surface area contributed by atoms with Crippen LogP contribution in [-0.4, -0.2) is 58.1 Å². The van der Waals surface area contributed by atoms with Crippen LogP contribution in [0.1, 0.15) is 32.1 Å². The van der Waals surface area contributed by atoms with Gasteiger partial charge in [0.15, 0.2) is 17.0 Å². The summed E-state index contributed by atoms with van der Waals surface area (Å²) in [5, 5.41) is 6.02. The van der Waals surface area contributed by atoms with Crippen LogP contribution >= 0.6 is 6.42 Å². The highest BCUT2D eigenvalue weighted by Gasteiger charge is 2.48. The maximum Gasteiger partial charge on any atom is 0.322 e. The average molecular weight is 552 g/mol. The number of nitrogens with one attached hydrogen (secondary N) is 2. The van der Waals surface area contributed by atoms with E-state index in [1.165, 1.54) is 13.4 Å². The Morgan fingerprint density at radius 2 is 2.14 bits per heavy atom. The third kappa shape index (κ3) is 6.07. The first-order chi connectivity index (χ1) is 17.6. The van der Waals surface area contributed by atoms with Crippen LogP contribution in [0.4, 0.5) is 16.2 Å². The molecule has 1 aromatic carbocycles. The summed E-state index contributed by atoms with van der Waals surface area (Å²) >= 11 is 5.85. The fourth-order valence-corrected chi connectivity index (χ4v) is 7.48. The van der Waals surface area contributed by atoms with Gasteiger partial charge in [-0.2, -0.15) is 9.97 Å². The minimum atomic E-state index is -2.92. The lowest BCUT2D eigenvalue weighted by molar-refractivity contribution is -0.172. The largest absolute Gasteiger partial charge is 0.468 e. The van der Waals surface area contributed by atoms with E-state index >= 15 is 4.39 Å². The van der Waals surface area contributed by atoms with Crippen LogP contribution in [0.2, 0.25) is 0 Å². The summed E-state index contributed by atoms with van der Waals surface area (Å²) in [6.07, 6.45) is -1.71. The van der Waals surface area contributed by atoms with Crippen molar-refractivity contribution < 1.29 is 23.2 Å². The van der Waals surface area contributed by atoms with E-state index < -0.39 is 37.1 Å². The van der Waals surface area contributed by atoms with E-state index in [-0.39, 0.29) is 18.3 Å². The van der Waals surface area contributed by atoms with Crippen molar-refractivity contribution in [2.75, 3.05) is 31.8 Å². The molecule has 37 heavy (non-hydrogen) atoms. The van der Waals surface area contributed by atoms with E-state index in [1.807, 2.05) is 37.3 Å². The van der Waals surface area contributed by atoms with Crippen molar-refractivity contribution in [3.8, 4) is 0 Å². The van der Waals surface area contributed by atoms with Gasteiger partial charge >= 0.3 is 5.97 Å². The molecule has 2 aromatic heterocycles. The topological polar surface area (TPSA) is 138 Å². The monoisotopic (exact) mass is 551 g/mol. The van der Waals surface area contributed by atoms with Crippen molar-refractivity contribution in [2.45, 2.75) is 44.6 Å². The number of halogens is 1. The van der Waals surface area contributed by atoms with Crippen molar-refractivity contribution in [1.29, 1.82) is 0 Å². The van der Waals surface area contributed by atoms with E-state index in [9.17, 15) is 4.79 Å². The number of carbonyl (C=O) groups excluding carboxylic acids is 1. The van der Waals surface area contributed by atoms with Gasteiger partial charge < -0.3 is 25.0 Å². The molecule has 1 aliphatic heterocycles. The normalized spacial score (nSPS) is 24.0. The molecule has 11 nitrogen and oxygen atoms in total. The van der Waals surface area contributed by atoms with Gasteiger partial charge in [-0.1, -0.05) is 37.3 Å². The van der Waals surface area contributed by atoms with Gasteiger partial charge in [0.2, 0.25) is 11.8 Å². The molecular weight excluding hydrogens is 520 g/mol. The van der Waals surface area contributed by atoms with Crippen molar-refractivity contribution in [1.82, 2.24) is 24.6 Å². The molecule has 0 bridgehead atoms. The first-order valence-corrected chi connectivity index (χ1v) is 14.6. The molecule has 200 valence electrons. The first kappa shape index (κ1) is 27.3. The van der Waals surface area contributed by atoms with Crippen LogP contribution < -0.4 is 16.1 Å². The third-order valence-electron chi connectivity index (χ3n) is 6.06. The Balaban J connectivity index is 1.54. The number of carbonyl (C=O) groups is 1. The van der Waals surface area contributed by atoms with E-state index in [1.54, 1.807) is 18.5 Å². The Bertz CT molecular complexity index is 1310. The molecule has 14 heteroatoms. The lowest BCUT2D eigenvalue weighted by Crippen LogP contribution is -2.35. The molecule has 0 aliphatic carbocycles. The SMILES string of the molecule is CNc1nc(N)nc2c1ncn2[C@@H]1O[C@](F)(CO[P@@](=S)(Cc2ccccc2)N[C@@H](C)C(=O)OC)C[C@@H]1C. The Hall–Kier alpha value is -2.70. The summed E-state index contributed by atoms with van der Waals surface area (Å²) in [5.74, 6) is -2.32. The van der Waals surface area contributed by atoms with E-state index in [2.05, 4.69) is 25.4 Å². The van der Waals surface area contributed by atoms with Gasteiger partial charge in [0.05, 0.1) is 13.4 Å².